The fourth-order valence-corrected chi connectivity index (χ4v) is 3.89. The van der Waals surface area contributed by atoms with E-state index in [1.807, 2.05) is 0 Å². The van der Waals surface area contributed by atoms with Crippen LogP contribution in [0.15, 0.2) is 42.6 Å². The highest BCUT2D eigenvalue weighted by molar-refractivity contribution is 6.35. The highest BCUT2D eigenvalue weighted by Crippen LogP contribution is 2.44. The van der Waals surface area contributed by atoms with Gasteiger partial charge in [0.1, 0.15) is 17.3 Å². The molecule has 4 N–H and O–H groups in total. The zero-order valence-corrected chi connectivity index (χ0v) is 19.5. The number of rotatable bonds is 6. The van der Waals surface area contributed by atoms with Gasteiger partial charge in [-0.2, -0.15) is 5.26 Å². The first-order chi connectivity index (χ1) is 16.6. The quantitative estimate of drug-likeness (QED) is 0.389. The predicted molar refractivity (Wildman–Crippen MR) is 128 cm³/mol. The second-order valence-corrected chi connectivity index (χ2v) is 8.94. The third-order valence-corrected chi connectivity index (χ3v) is 6.20. The normalized spacial score (nSPS) is 13.6. The minimum Gasteiger partial charge on any atom is -0.398 e. The van der Waals surface area contributed by atoms with Crippen molar-refractivity contribution < 1.29 is 18.4 Å². The molecule has 0 unspecified atom stereocenters. The number of nitrogens with zero attached hydrogens (tertiary/aromatic N) is 2. The van der Waals surface area contributed by atoms with Crippen LogP contribution >= 0.6 is 23.2 Å². The number of benzene rings is 2. The standard InChI is InChI=1S/C24H17Cl2F2N5O2/c25-17-7-15(14-2-1-12(27)5-20(14)30)19(28)8-16(17)22(34)33-13-6-18(26)21(31-9-13)23(35)32-11-24(10-29)3-4-24/h1-2,5-9H,3-4,11,30H2,(H,32,35)(H,33,34). The van der Waals surface area contributed by atoms with Crippen LogP contribution in [0, 0.1) is 28.4 Å². The summed E-state index contributed by atoms with van der Waals surface area (Å²) in [5, 5.41) is 14.1. The molecular formula is C24H17Cl2F2N5O2. The van der Waals surface area contributed by atoms with Gasteiger partial charge in [-0.05, 0) is 49.2 Å². The monoisotopic (exact) mass is 515 g/mol. The lowest BCUT2D eigenvalue weighted by molar-refractivity contribution is 0.0943. The van der Waals surface area contributed by atoms with Crippen LogP contribution in [0.4, 0.5) is 20.2 Å². The number of pyridine rings is 1. The van der Waals surface area contributed by atoms with Crippen molar-refractivity contribution in [2.24, 2.45) is 5.41 Å². The number of halogens is 4. The van der Waals surface area contributed by atoms with E-state index in [1.165, 1.54) is 24.4 Å². The van der Waals surface area contributed by atoms with E-state index in [4.69, 9.17) is 34.2 Å². The Morgan fingerprint density at radius 1 is 1.09 bits per heavy atom. The van der Waals surface area contributed by atoms with Gasteiger partial charge >= 0.3 is 0 Å². The van der Waals surface area contributed by atoms with Crippen LogP contribution in [0.5, 0.6) is 0 Å². The second-order valence-electron chi connectivity index (χ2n) is 8.13. The van der Waals surface area contributed by atoms with Crippen LogP contribution in [0.25, 0.3) is 11.1 Å². The zero-order chi connectivity index (χ0) is 25.3. The molecule has 2 amide bonds. The van der Waals surface area contributed by atoms with Crippen molar-refractivity contribution in [3.05, 3.63) is 75.5 Å². The Morgan fingerprint density at radius 3 is 2.46 bits per heavy atom. The van der Waals surface area contributed by atoms with E-state index >= 15 is 0 Å². The number of carbonyl (C=O) groups excluding carboxylic acids is 2. The largest absolute Gasteiger partial charge is 0.398 e. The summed E-state index contributed by atoms with van der Waals surface area (Å²) in [5.41, 5.74) is 5.42. The molecule has 1 heterocycles. The maximum Gasteiger partial charge on any atom is 0.271 e. The third kappa shape index (κ3) is 5.19. The van der Waals surface area contributed by atoms with E-state index in [0.29, 0.717) is 0 Å². The summed E-state index contributed by atoms with van der Waals surface area (Å²) in [6.45, 7) is 0.197. The average molecular weight is 516 g/mol. The third-order valence-electron chi connectivity index (χ3n) is 5.60. The predicted octanol–water partition coefficient (Wildman–Crippen LogP) is 5.20. The van der Waals surface area contributed by atoms with E-state index in [2.05, 4.69) is 21.7 Å². The van der Waals surface area contributed by atoms with E-state index < -0.39 is 28.9 Å². The number of nitrogens with two attached hydrogens (primary N) is 1. The van der Waals surface area contributed by atoms with Gasteiger partial charge in [-0.1, -0.05) is 23.2 Å². The fraction of sp³-hybridized carbons (Fsp3) is 0.167. The van der Waals surface area contributed by atoms with Crippen molar-refractivity contribution >= 4 is 46.4 Å². The van der Waals surface area contributed by atoms with Crippen molar-refractivity contribution in [3.8, 4) is 17.2 Å². The van der Waals surface area contributed by atoms with Crippen molar-refractivity contribution in [2.75, 3.05) is 17.6 Å². The molecule has 178 valence electrons. The van der Waals surface area contributed by atoms with Gasteiger partial charge in [0.2, 0.25) is 0 Å². The first kappa shape index (κ1) is 24.4. The molecule has 11 heteroatoms. The number of carbonyl (C=O) groups is 2. The first-order valence-electron chi connectivity index (χ1n) is 10.3. The van der Waals surface area contributed by atoms with Gasteiger partial charge in [0.15, 0.2) is 0 Å². The number of nitrogens with one attached hydrogen (secondary N) is 2. The lowest BCUT2D eigenvalue weighted by Gasteiger charge is -2.12. The summed E-state index contributed by atoms with van der Waals surface area (Å²) < 4.78 is 28.1. The maximum atomic E-state index is 14.8. The van der Waals surface area contributed by atoms with Crippen LogP contribution in [-0.4, -0.2) is 23.3 Å². The fourth-order valence-electron chi connectivity index (χ4n) is 3.39. The number of nitrogen functional groups attached to an aromatic ring is 1. The lowest BCUT2D eigenvalue weighted by atomic mass is 10.0. The van der Waals surface area contributed by atoms with Crippen LogP contribution in [0.2, 0.25) is 10.0 Å². The van der Waals surface area contributed by atoms with Gasteiger partial charge in [0.25, 0.3) is 11.8 Å². The molecule has 7 nitrogen and oxygen atoms in total. The Morgan fingerprint density at radius 2 is 1.83 bits per heavy atom. The topological polar surface area (TPSA) is 121 Å². The minimum absolute atomic E-state index is 0.00787. The molecule has 35 heavy (non-hydrogen) atoms. The molecule has 2 aromatic carbocycles. The van der Waals surface area contributed by atoms with Crippen molar-refractivity contribution in [1.82, 2.24) is 10.3 Å². The van der Waals surface area contributed by atoms with E-state index in [9.17, 15) is 18.4 Å². The first-order valence-corrected chi connectivity index (χ1v) is 11.1. The number of aromatic nitrogens is 1. The molecule has 0 atom stereocenters. The van der Waals surface area contributed by atoms with Crippen molar-refractivity contribution in [1.29, 1.82) is 5.26 Å². The summed E-state index contributed by atoms with van der Waals surface area (Å²) in [4.78, 5) is 29.0. The van der Waals surface area contributed by atoms with Crippen molar-refractivity contribution in [3.63, 3.8) is 0 Å². The molecule has 0 spiro atoms. The molecule has 0 radical (unpaired) electrons. The van der Waals surface area contributed by atoms with Crippen LogP contribution in [0.1, 0.15) is 33.7 Å². The van der Waals surface area contributed by atoms with Gasteiger partial charge in [0, 0.05) is 23.4 Å². The maximum absolute atomic E-state index is 14.8. The van der Waals surface area contributed by atoms with E-state index in [0.717, 1.165) is 31.0 Å². The molecule has 1 saturated carbocycles. The summed E-state index contributed by atoms with van der Waals surface area (Å²) in [6.07, 6.45) is 2.66. The van der Waals surface area contributed by atoms with Crippen LogP contribution in [-0.2, 0) is 0 Å². The summed E-state index contributed by atoms with van der Waals surface area (Å²) in [6, 6.07) is 9.15. The van der Waals surface area contributed by atoms with Gasteiger partial charge in [-0.3, -0.25) is 9.59 Å². The zero-order valence-electron chi connectivity index (χ0n) is 18.0. The number of nitriles is 1. The molecule has 1 fully saturated rings. The van der Waals surface area contributed by atoms with Crippen molar-refractivity contribution in [2.45, 2.75) is 12.8 Å². The SMILES string of the molecule is N#CC1(CNC(=O)c2ncc(NC(=O)c3cc(F)c(-c4ccc(F)cc4N)cc3Cl)cc2Cl)CC1. The van der Waals surface area contributed by atoms with Crippen LogP contribution < -0.4 is 16.4 Å². The number of amides is 2. The molecule has 1 aromatic heterocycles. The average Bonchev–Trinajstić information content (AvgIpc) is 3.59. The molecule has 4 rings (SSSR count). The highest BCUT2D eigenvalue weighted by Gasteiger charge is 2.43. The van der Waals surface area contributed by atoms with Gasteiger partial charge in [-0.25, -0.2) is 13.8 Å². The Labute approximate surface area is 208 Å². The Balaban J connectivity index is 1.49. The lowest BCUT2D eigenvalue weighted by Crippen LogP contribution is -2.30. The Hall–Kier alpha value is -3.74. The number of hydrogen-bond donors (Lipinski definition) is 3. The molecule has 1 aliphatic rings. The molecule has 3 aromatic rings. The molecule has 1 aliphatic carbocycles. The summed E-state index contributed by atoms with van der Waals surface area (Å²) in [7, 11) is 0. The van der Waals surface area contributed by atoms with E-state index in [1.54, 1.807) is 0 Å². The summed E-state index contributed by atoms with van der Waals surface area (Å²) >= 11 is 12.4. The molecule has 0 saturated heterocycles. The molecule has 0 bridgehead atoms. The second kappa shape index (κ2) is 9.49. The molecule has 0 aliphatic heterocycles. The highest BCUT2D eigenvalue weighted by atomic mass is 35.5. The van der Waals surface area contributed by atoms with E-state index in [-0.39, 0.29) is 50.3 Å². The summed E-state index contributed by atoms with van der Waals surface area (Å²) in [5.74, 6) is -2.65. The molecular weight excluding hydrogens is 499 g/mol. The van der Waals surface area contributed by atoms with Gasteiger partial charge in [0.05, 0.1) is 39.0 Å². The Bertz CT molecular complexity index is 1400. The smallest absolute Gasteiger partial charge is 0.271 e. The Kier molecular flexibility index (Phi) is 6.61. The van der Waals surface area contributed by atoms with Gasteiger partial charge in [-0.15, -0.1) is 0 Å². The minimum atomic E-state index is -0.785. The van der Waals surface area contributed by atoms with Gasteiger partial charge < -0.3 is 16.4 Å². The van der Waals surface area contributed by atoms with Crippen LogP contribution in [0.3, 0.4) is 0 Å². The number of hydrogen-bond acceptors (Lipinski definition) is 5. The number of anilines is 2.